The van der Waals surface area contributed by atoms with E-state index in [9.17, 15) is 4.79 Å². The van der Waals surface area contributed by atoms with E-state index >= 15 is 0 Å². The van der Waals surface area contributed by atoms with E-state index in [0.717, 1.165) is 38.5 Å². The van der Waals surface area contributed by atoms with Gasteiger partial charge in [-0.05, 0) is 31.2 Å². The fourth-order valence-electron chi connectivity index (χ4n) is 2.38. The van der Waals surface area contributed by atoms with Crippen LogP contribution in [-0.4, -0.2) is 68.3 Å². The average Bonchev–Trinajstić information content (AvgIpc) is 2.51. The Bertz CT molecular complexity index is 459. The van der Waals surface area contributed by atoms with Crippen molar-refractivity contribution in [3.63, 3.8) is 0 Å². The van der Waals surface area contributed by atoms with Gasteiger partial charge in [-0.3, -0.25) is 14.6 Å². The maximum atomic E-state index is 11.4. The van der Waals surface area contributed by atoms with Crippen molar-refractivity contribution in [3.05, 3.63) is 29.3 Å². The molecular formula is C16H23ClN2O3. The highest BCUT2D eigenvalue weighted by Gasteiger charge is 2.19. The topological polar surface area (TPSA) is 42.0 Å². The second-order valence-electron chi connectivity index (χ2n) is 5.23. The fraction of sp³-hybridized carbons (Fsp3) is 0.562. The van der Waals surface area contributed by atoms with E-state index in [1.807, 2.05) is 31.2 Å². The predicted octanol–water partition coefficient (Wildman–Crippen LogP) is 1.90. The quantitative estimate of drug-likeness (QED) is 0.716. The molecule has 0 N–H and O–H groups in total. The molecule has 1 fully saturated rings. The highest BCUT2D eigenvalue weighted by atomic mass is 35.5. The molecule has 22 heavy (non-hydrogen) atoms. The van der Waals surface area contributed by atoms with Crippen molar-refractivity contribution in [1.29, 1.82) is 0 Å². The number of rotatable bonds is 7. The van der Waals surface area contributed by atoms with E-state index in [1.54, 1.807) is 0 Å². The van der Waals surface area contributed by atoms with Crippen LogP contribution in [0.15, 0.2) is 24.3 Å². The molecule has 5 nitrogen and oxygen atoms in total. The molecule has 0 radical (unpaired) electrons. The molecule has 2 rings (SSSR count). The number of hydrogen-bond acceptors (Lipinski definition) is 5. The van der Waals surface area contributed by atoms with Gasteiger partial charge in [0.2, 0.25) is 0 Å². The molecule has 1 aromatic carbocycles. The highest BCUT2D eigenvalue weighted by molar-refractivity contribution is 6.30. The Kier molecular flexibility index (Phi) is 6.96. The Morgan fingerprint density at radius 1 is 1.14 bits per heavy atom. The first-order valence-electron chi connectivity index (χ1n) is 7.66. The zero-order chi connectivity index (χ0) is 15.8. The smallest absolute Gasteiger partial charge is 0.320 e. The molecule has 1 heterocycles. The van der Waals surface area contributed by atoms with Crippen LogP contribution in [0, 0.1) is 0 Å². The summed E-state index contributed by atoms with van der Waals surface area (Å²) in [6.45, 7) is 7.88. The molecule has 0 spiro atoms. The van der Waals surface area contributed by atoms with Crippen LogP contribution in [-0.2, 0) is 9.53 Å². The summed E-state index contributed by atoms with van der Waals surface area (Å²) in [6, 6.07) is 7.40. The van der Waals surface area contributed by atoms with E-state index in [2.05, 4.69) is 9.80 Å². The van der Waals surface area contributed by atoms with Crippen molar-refractivity contribution in [2.75, 3.05) is 52.5 Å². The summed E-state index contributed by atoms with van der Waals surface area (Å²) in [5.41, 5.74) is 0. The van der Waals surface area contributed by atoms with E-state index in [-0.39, 0.29) is 5.97 Å². The molecule has 0 unspecified atom stereocenters. The SMILES string of the molecule is CCOC(=O)CN1CCN(CCOc2ccc(Cl)cc2)CC1. The number of carbonyl (C=O) groups excluding carboxylic acids is 1. The first-order valence-corrected chi connectivity index (χ1v) is 8.04. The van der Waals surface area contributed by atoms with Crippen LogP contribution in [0.3, 0.4) is 0 Å². The Labute approximate surface area is 136 Å². The van der Waals surface area contributed by atoms with Gasteiger partial charge in [-0.1, -0.05) is 11.6 Å². The van der Waals surface area contributed by atoms with Crippen molar-refractivity contribution in [3.8, 4) is 5.75 Å². The third-order valence-electron chi connectivity index (χ3n) is 3.61. The van der Waals surface area contributed by atoms with Gasteiger partial charge in [-0.2, -0.15) is 0 Å². The summed E-state index contributed by atoms with van der Waals surface area (Å²) < 4.78 is 10.7. The predicted molar refractivity (Wildman–Crippen MR) is 86.5 cm³/mol. The lowest BCUT2D eigenvalue weighted by Crippen LogP contribution is -2.49. The van der Waals surface area contributed by atoms with Gasteiger partial charge in [-0.15, -0.1) is 0 Å². The van der Waals surface area contributed by atoms with Crippen LogP contribution >= 0.6 is 11.6 Å². The van der Waals surface area contributed by atoms with Gasteiger partial charge in [0, 0.05) is 37.7 Å². The molecule has 0 bridgehead atoms. The molecule has 122 valence electrons. The van der Waals surface area contributed by atoms with E-state index in [4.69, 9.17) is 21.1 Å². The van der Waals surface area contributed by atoms with Crippen molar-refractivity contribution in [1.82, 2.24) is 9.80 Å². The van der Waals surface area contributed by atoms with Gasteiger partial charge in [-0.25, -0.2) is 0 Å². The van der Waals surface area contributed by atoms with E-state index < -0.39 is 0 Å². The van der Waals surface area contributed by atoms with Crippen LogP contribution in [0.2, 0.25) is 5.02 Å². The minimum Gasteiger partial charge on any atom is -0.492 e. The van der Waals surface area contributed by atoms with E-state index in [0.29, 0.717) is 24.8 Å². The molecule has 0 aliphatic carbocycles. The van der Waals surface area contributed by atoms with Crippen LogP contribution in [0.4, 0.5) is 0 Å². The molecule has 0 atom stereocenters. The normalized spacial score (nSPS) is 16.5. The first kappa shape index (κ1) is 17.1. The standard InChI is InChI=1S/C16H23ClN2O3/c1-2-21-16(20)13-19-9-7-18(8-10-19)11-12-22-15-5-3-14(17)4-6-15/h3-6H,2,7-13H2,1H3. The lowest BCUT2D eigenvalue weighted by atomic mass is 10.3. The number of ether oxygens (including phenoxy) is 2. The minimum atomic E-state index is -0.137. The maximum Gasteiger partial charge on any atom is 0.320 e. The van der Waals surface area contributed by atoms with Gasteiger partial charge in [0.1, 0.15) is 12.4 Å². The number of esters is 1. The molecule has 0 amide bonds. The number of halogens is 1. The largest absolute Gasteiger partial charge is 0.492 e. The minimum absolute atomic E-state index is 0.137. The molecule has 6 heteroatoms. The second-order valence-corrected chi connectivity index (χ2v) is 5.66. The fourth-order valence-corrected chi connectivity index (χ4v) is 2.51. The van der Waals surface area contributed by atoms with Gasteiger partial charge in [0.15, 0.2) is 0 Å². The van der Waals surface area contributed by atoms with Crippen molar-refractivity contribution in [2.45, 2.75) is 6.92 Å². The number of piperazine rings is 1. The number of nitrogens with zero attached hydrogens (tertiary/aromatic N) is 2. The third kappa shape index (κ3) is 5.83. The average molecular weight is 327 g/mol. The lowest BCUT2D eigenvalue weighted by Gasteiger charge is -2.33. The summed E-state index contributed by atoms with van der Waals surface area (Å²) in [5, 5.41) is 0.713. The maximum absolute atomic E-state index is 11.4. The monoisotopic (exact) mass is 326 g/mol. The van der Waals surface area contributed by atoms with Gasteiger partial charge in [0.25, 0.3) is 0 Å². The summed E-state index contributed by atoms with van der Waals surface area (Å²) in [5.74, 6) is 0.701. The van der Waals surface area contributed by atoms with Crippen molar-refractivity contribution in [2.24, 2.45) is 0 Å². The molecule has 1 aliphatic heterocycles. The van der Waals surface area contributed by atoms with Crippen LogP contribution in [0.25, 0.3) is 0 Å². The summed E-state index contributed by atoms with van der Waals surface area (Å²) >= 11 is 5.84. The summed E-state index contributed by atoms with van der Waals surface area (Å²) in [6.07, 6.45) is 0. The third-order valence-corrected chi connectivity index (χ3v) is 3.86. The van der Waals surface area contributed by atoms with Crippen LogP contribution < -0.4 is 4.74 Å². The summed E-state index contributed by atoms with van der Waals surface area (Å²) in [4.78, 5) is 15.9. The Hall–Kier alpha value is -1.30. The molecule has 1 aliphatic rings. The molecule has 0 saturated carbocycles. The molecule has 1 aromatic rings. The number of carbonyl (C=O) groups is 1. The first-order chi connectivity index (χ1) is 10.7. The van der Waals surface area contributed by atoms with Crippen molar-refractivity contribution >= 4 is 17.6 Å². The zero-order valence-corrected chi connectivity index (χ0v) is 13.7. The Balaban J connectivity index is 1.61. The van der Waals surface area contributed by atoms with E-state index in [1.165, 1.54) is 0 Å². The second kappa shape index (κ2) is 8.98. The summed E-state index contributed by atoms with van der Waals surface area (Å²) in [7, 11) is 0. The molecular weight excluding hydrogens is 304 g/mol. The van der Waals surface area contributed by atoms with Gasteiger partial charge in [0.05, 0.1) is 13.2 Å². The number of benzene rings is 1. The van der Waals surface area contributed by atoms with Crippen molar-refractivity contribution < 1.29 is 14.3 Å². The Morgan fingerprint density at radius 2 is 1.77 bits per heavy atom. The van der Waals surface area contributed by atoms with Gasteiger partial charge < -0.3 is 9.47 Å². The lowest BCUT2D eigenvalue weighted by molar-refractivity contribution is -0.144. The van der Waals surface area contributed by atoms with Crippen LogP contribution in [0.5, 0.6) is 5.75 Å². The molecule has 0 aromatic heterocycles. The highest BCUT2D eigenvalue weighted by Crippen LogP contribution is 2.15. The Morgan fingerprint density at radius 3 is 2.41 bits per heavy atom. The molecule has 1 saturated heterocycles. The zero-order valence-electron chi connectivity index (χ0n) is 13.0. The van der Waals surface area contributed by atoms with Gasteiger partial charge >= 0.3 is 5.97 Å². The number of hydrogen-bond donors (Lipinski definition) is 0. The van der Waals surface area contributed by atoms with Crippen LogP contribution in [0.1, 0.15) is 6.92 Å².